The van der Waals surface area contributed by atoms with Crippen LogP contribution in [-0.2, 0) is 14.8 Å². The first-order valence-electron chi connectivity index (χ1n) is 6.20. The number of thiophene rings is 1. The molecule has 2 rings (SSSR count). The number of piperazine rings is 1. The largest absolute Gasteiger partial charge is 0.481 e. The molecule has 0 amide bonds. The monoisotopic (exact) mass is 460 g/mol. The SMILES string of the molecule is O=C(O)CCN1CCN(S(=O)(=O)c2cc(Br)sc2Br)CC1. The molecule has 0 saturated carbocycles. The van der Waals surface area contributed by atoms with E-state index in [0.717, 1.165) is 3.79 Å². The molecule has 1 aliphatic rings. The summed E-state index contributed by atoms with van der Waals surface area (Å²) in [5.74, 6) is -0.836. The molecule has 0 aliphatic carbocycles. The van der Waals surface area contributed by atoms with Crippen molar-refractivity contribution in [3.63, 3.8) is 0 Å². The van der Waals surface area contributed by atoms with Crippen LogP contribution in [0.5, 0.6) is 0 Å². The van der Waals surface area contributed by atoms with E-state index in [-0.39, 0.29) is 11.3 Å². The van der Waals surface area contributed by atoms with E-state index in [9.17, 15) is 13.2 Å². The van der Waals surface area contributed by atoms with Crippen LogP contribution in [0.4, 0.5) is 0 Å². The molecule has 0 radical (unpaired) electrons. The zero-order chi connectivity index (χ0) is 15.6. The van der Waals surface area contributed by atoms with Crippen molar-refractivity contribution in [3.05, 3.63) is 13.6 Å². The average molecular weight is 462 g/mol. The van der Waals surface area contributed by atoms with Crippen LogP contribution < -0.4 is 0 Å². The maximum Gasteiger partial charge on any atom is 0.304 e. The lowest BCUT2D eigenvalue weighted by molar-refractivity contribution is -0.137. The minimum atomic E-state index is -3.50. The summed E-state index contributed by atoms with van der Waals surface area (Å²) in [4.78, 5) is 12.8. The predicted octanol–water partition coefficient (Wildman–Crippen LogP) is 2.05. The Bertz CT molecular complexity index is 624. The standard InChI is InChI=1S/C11H14Br2N2O4S2/c12-9-7-8(11(13)20-9)21(18,19)15-5-3-14(4-6-15)2-1-10(16)17/h7H,1-6H2,(H,16,17). The molecule has 0 atom stereocenters. The number of nitrogens with zero attached hydrogens (tertiary/aromatic N) is 2. The molecule has 0 aromatic carbocycles. The number of hydrogen-bond acceptors (Lipinski definition) is 5. The van der Waals surface area contributed by atoms with Crippen molar-refractivity contribution in [2.45, 2.75) is 11.3 Å². The quantitative estimate of drug-likeness (QED) is 0.725. The summed E-state index contributed by atoms with van der Waals surface area (Å²) in [7, 11) is -3.50. The van der Waals surface area contributed by atoms with Gasteiger partial charge in [0.15, 0.2) is 0 Å². The van der Waals surface area contributed by atoms with Crippen molar-refractivity contribution < 1.29 is 18.3 Å². The van der Waals surface area contributed by atoms with Gasteiger partial charge in [-0.05, 0) is 37.9 Å². The molecule has 0 bridgehead atoms. The first-order valence-corrected chi connectivity index (χ1v) is 10.0. The number of halogens is 2. The second kappa shape index (κ2) is 7.05. The van der Waals surface area contributed by atoms with Crippen LogP contribution in [-0.4, -0.2) is 61.4 Å². The van der Waals surface area contributed by atoms with Crippen molar-refractivity contribution in [1.82, 2.24) is 9.21 Å². The Hall–Kier alpha value is -0.000000000000000333. The van der Waals surface area contributed by atoms with Crippen molar-refractivity contribution in [2.24, 2.45) is 0 Å². The molecule has 1 aromatic rings. The van der Waals surface area contributed by atoms with E-state index in [4.69, 9.17) is 5.11 Å². The van der Waals surface area contributed by atoms with Gasteiger partial charge in [0, 0.05) is 32.7 Å². The number of aliphatic carboxylic acids is 1. The van der Waals surface area contributed by atoms with Gasteiger partial charge in [0.2, 0.25) is 10.0 Å². The molecule has 1 aromatic heterocycles. The van der Waals surface area contributed by atoms with Crippen molar-refractivity contribution >= 4 is 59.2 Å². The second-order valence-electron chi connectivity index (χ2n) is 4.58. The molecule has 10 heteroatoms. The minimum absolute atomic E-state index is 0.0791. The van der Waals surface area contributed by atoms with Crippen molar-refractivity contribution in [3.8, 4) is 0 Å². The maximum atomic E-state index is 12.6. The Morgan fingerprint density at radius 1 is 1.29 bits per heavy atom. The molecule has 1 fully saturated rings. The Morgan fingerprint density at radius 2 is 1.90 bits per heavy atom. The van der Waals surface area contributed by atoms with Crippen LogP contribution in [0.1, 0.15) is 6.42 Å². The molecular formula is C11H14Br2N2O4S2. The zero-order valence-corrected chi connectivity index (χ0v) is 15.8. The van der Waals surface area contributed by atoms with Gasteiger partial charge in [-0.3, -0.25) is 4.79 Å². The number of carbonyl (C=O) groups is 1. The Balaban J connectivity index is 2.01. The normalized spacial score (nSPS) is 18.0. The Labute approximate surface area is 144 Å². The highest BCUT2D eigenvalue weighted by molar-refractivity contribution is 9.12. The van der Waals surface area contributed by atoms with E-state index in [1.54, 1.807) is 6.07 Å². The molecule has 1 saturated heterocycles. The number of hydrogen-bond donors (Lipinski definition) is 1. The van der Waals surface area contributed by atoms with Crippen LogP contribution >= 0.6 is 43.2 Å². The van der Waals surface area contributed by atoms with E-state index in [2.05, 4.69) is 31.9 Å². The smallest absolute Gasteiger partial charge is 0.304 e. The van der Waals surface area contributed by atoms with Gasteiger partial charge in [-0.2, -0.15) is 4.31 Å². The first-order chi connectivity index (χ1) is 9.80. The summed E-state index contributed by atoms with van der Waals surface area (Å²) in [6, 6.07) is 1.60. The summed E-state index contributed by atoms with van der Waals surface area (Å²) >= 11 is 7.89. The third-order valence-electron chi connectivity index (χ3n) is 3.22. The summed E-state index contributed by atoms with van der Waals surface area (Å²) in [5, 5.41) is 8.67. The van der Waals surface area contributed by atoms with E-state index in [1.165, 1.54) is 15.6 Å². The third-order valence-corrected chi connectivity index (χ3v) is 7.87. The fraction of sp³-hybridized carbons (Fsp3) is 0.545. The van der Waals surface area contributed by atoms with Crippen LogP contribution in [0, 0.1) is 0 Å². The molecule has 6 nitrogen and oxygen atoms in total. The van der Waals surface area contributed by atoms with E-state index in [1.807, 2.05) is 4.90 Å². The highest BCUT2D eigenvalue weighted by Crippen LogP contribution is 2.36. The third kappa shape index (κ3) is 4.26. The first kappa shape index (κ1) is 17.4. The highest BCUT2D eigenvalue weighted by atomic mass is 79.9. The lowest BCUT2D eigenvalue weighted by Crippen LogP contribution is -2.48. The zero-order valence-electron chi connectivity index (χ0n) is 11.0. The fourth-order valence-corrected chi connectivity index (χ4v) is 7.27. The molecule has 21 heavy (non-hydrogen) atoms. The predicted molar refractivity (Wildman–Crippen MR) is 87.2 cm³/mol. The van der Waals surface area contributed by atoms with Crippen LogP contribution in [0.3, 0.4) is 0 Å². The highest BCUT2D eigenvalue weighted by Gasteiger charge is 2.31. The minimum Gasteiger partial charge on any atom is -0.481 e. The van der Waals surface area contributed by atoms with Crippen LogP contribution in [0.15, 0.2) is 18.5 Å². The number of carboxylic acid groups (broad SMARTS) is 1. The van der Waals surface area contributed by atoms with Crippen molar-refractivity contribution in [2.75, 3.05) is 32.7 Å². The van der Waals surface area contributed by atoms with E-state index in [0.29, 0.717) is 36.5 Å². The second-order valence-corrected chi connectivity index (χ2v) is 10.2. The summed E-state index contributed by atoms with van der Waals surface area (Å²) < 4.78 is 27.9. The van der Waals surface area contributed by atoms with E-state index >= 15 is 0 Å². The molecule has 1 aliphatic heterocycles. The van der Waals surface area contributed by atoms with Gasteiger partial charge in [-0.15, -0.1) is 11.3 Å². The van der Waals surface area contributed by atoms with Gasteiger partial charge in [-0.25, -0.2) is 8.42 Å². The molecule has 118 valence electrons. The van der Waals surface area contributed by atoms with Crippen molar-refractivity contribution in [1.29, 1.82) is 0 Å². The molecule has 0 unspecified atom stereocenters. The summed E-state index contributed by atoms with van der Waals surface area (Å²) in [6.45, 7) is 2.31. The van der Waals surface area contributed by atoms with Gasteiger partial charge in [0.1, 0.15) is 4.90 Å². The average Bonchev–Trinajstić information content (AvgIpc) is 2.76. The maximum absolute atomic E-state index is 12.6. The molecule has 0 spiro atoms. The number of sulfonamides is 1. The van der Waals surface area contributed by atoms with Gasteiger partial charge in [0.25, 0.3) is 0 Å². The van der Waals surface area contributed by atoms with Gasteiger partial charge >= 0.3 is 5.97 Å². The van der Waals surface area contributed by atoms with Gasteiger partial charge in [0.05, 0.1) is 14.0 Å². The lowest BCUT2D eigenvalue weighted by Gasteiger charge is -2.33. The summed E-state index contributed by atoms with van der Waals surface area (Å²) in [5.41, 5.74) is 0. The van der Waals surface area contributed by atoms with E-state index < -0.39 is 16.0 Å². The van der Waals surface area contributed by atoms with Crippen LogP contribution in [0.25, 0.3) is 0 Å². The topological polar surface area (TPSA) is 77.9 Å². The van der Waals surface area contributed by atoms with Crippen LogP contribution in [0.2, 0.25) is 0 Å². The molecule has 1 N–H and O–H groups in total. The van der Waals surface area contributed by atoms with Gasteiger partial charge < -0.3 is 10.0 Å². The lowest BCUT2D eigenvalue weighted by atomic mass is 10.3. The Morgan fingerprint density at radius 3 is 2.38 bits per heavy atom. The number of rotatable bonds is 5. The molecule has 2 heterocycles. The Kier molecular flexibility index (Phi) is 5.83. The number of carboxylic acids is 1. The molecular weight excluding hydrogens is 448 g/mol. The fourth-order valence-electron chi connectivity index (χ4n) is 2.09. The summed E-state index contributed by atoms with van der Waals surface area (Å²) in [6.07, 6.45) is 0.0791. The van der Waals surface area contributed by atoms with Gasteiger partial charge in [-0.1, -0.05) is 0 Å².